The fourth-order valence-corrected chi connectivity index (χ4v) is 5.39. The minimum absolute atomic E-state index is 0.125. The molecular formula is C30H40N2O4. The van der Waals surface area contributed by atoms with Crippen LogP contribution in [-0.2, 0) is 14.4 Å². The van der Waals surface area contributed by atoms with Crippen molar-refractivity contribution in [3.8, 4) is 5.75 Å². The van der Waals surface area contributed by atoms with Crippen LogP contribution in [0, 0.1) is 5.92 Å². The highest BCUT2D eigenvalue weighted by atomic mass is 16.7. The molecule has 0 radical (unpaired) electrons. The van der Waals surface area contributed by atoms with E-state index < -0.39 is 12.0 Å². The van der Waals surface area contributed by atoms with Gasteiger partial charge < -0.3 is 4.74 Å². The zero-order valence-corrected chi connectivity index (χ0v) is 21.7. The Hall–Kier alpha value is -2.86. The summed E-state index contributed by atoms with van der Waals surface area (Å²) in [6.45, 7) is 2.72. The highest BCUT2D eigenvalue weighted by Gasteiger charge is 2.59. The summed E-state index contributed by atoms with van der Waals surface area (Å²) >= 11 is 0. The Kier molecular flexibility index (Phi) is 9.40. The van der Waals surface area contributed by atoms with E-state index >= 15 is 0 Å². The average Bonchev–Trinajstić information content (AvgIpc) is 3.42. The van der Waals surface area contributed by atoms with Gasteiger partial charge in [0.15, 0.2) is 6.10 Å². The van der Waals surface area contributed by atoms with Gasteiger partial charge in [-0.15, -0.1) is 0 Å². The number of carbonyl (C=O) groups is 2. The molecule has 194 valence electrons. The van der Waals surface area contributed by atoms with Gasteiger partial charge in [0.25, 0.3) is 5.91 Å². The third-order valence-corrected chi connectivity index (χ3v) is 7.41. The number of amides is 2. The number of carbonyl (C=O) groups excluding carboxylic acids is 2. The van der Waals surface area contributed by atoms with Gasteiger partial charge in [0, 0.05) is 6.54 Å². The highest BCUT2D eigenvalue weighted by molar-refractivity contribution is 6.07. The van der Waals surface area contributed by atoms with Gasteiger partial charge in [-0.1, -0.05) is 95.0 Å². The van der Waals surface area contributed by atoms with Gasteiger partial charge in [-0.25, -0.2) is 5.06 Å². The summed E-state index contributed by atoms with van der Waals surface area (Å²) in [5, 5.41) is 1.74. The normalized spacial score (nSPS) is 21.3. The number of fused-ring (bicyclic) bond motifs is 1. The standard InChI is InChI=1S/C30H40N2O4/c1-3-4-5-6-7-8-9-10-11-15-22-31-29(33)26-27(23-18-20-25(35-2)21-19-23)32(36-28(26)30(31)34)24-16-13-12-14-17-24/h12-14,16-21,26-28H,3-11,15,22H2,1-2H3. The molecule has 6 heteroatoms. The molecule has 0 spiro atoms. The number of ether oxygens (including phenoxy) is 1. The van der Waals surface area contributed by atoms with Gasteiger partial charge in [0.1, 0.15) is 11.7 Å². The molecule has 0 saturated carbocycles. The van der Waals surface area contributed by atoms with E-state index in [0.29, 0.717) is 6.54 Å². The second-order valence-electron chi connectivity index (χ2n) is 9.94. The summed E-state index contributed by atoms with van der Waals surface area (Å²) in [4.78, 5) is 34.5. The Morgan fingerprint density at radius 3 is 2.00 bits per heavy atom. The molecule has 2 fully saturated rings. The summed E-state index contributed by atoms with van der Waals surface area (Å²) < 4.78 is 5.31. The molecular weight excluding hydrogens is 452 g/mol. The average molecular weight is 493 g/mol. The number of benzene rings is 2. The van der Waals surface area contributed by atoms with E-state index in [9.17, 15) is 9.59 Å². The smallest absolute Gasteiger partial charge is 0.261 e. The van der Waals surface area contributed by atoms with Crippen molar-refractivity contribution in [3.63, 3.8) is 0 Å². The number of nitrogens with zero attached hydrogens (tertiary/aromatic N) is 2. The largest absolute Gasteiger partial charge is 0.497 e. The molecule has 2 aromatic rings. The van der Waals surface area contributed by atoms with Gasteiger partial charge in [-0.2, -0.15) is 0 Å². The molecule has 3 atom stereocenters. The van der Waals surface area contributed by atoms with E-state index in [0.717, 1.165) is 36.3 Å². The first-order valence-electron chi connectivity index (χ1n) is 13.7. The lowest BCUT2D eigenvalue weighted by Crippen LogP contribution is -2.37. The van der Waals surface area contributed by atoms with E-state index in [1.165, 1.54) is 49.8 Å². The lowest BCUT2D eigenvalue weighted by Gasteiger charge is -2.28. The lowest BCUT2D eigenvalue weighted by atomic mass is 9.90. The van der Waals surface area contributed by atoms with Gasteiger partial charge in [0.05, 0.1) is 18.8 Å². The monoisotopic (exact) mass is 492 g/mol. The molecule has 0 aromatic heterocycles. The van der Waals surface area contributed by atoms with Crippen molar-refractivity contribution in [2.75, 3.05) is 18.7 Å². The van der Waals surface area contributed by atoms with E-state index in [1.807, 2.05) is 54.6 Å². The summed E-state index contributed by atoms with van der Waals surface area (Å²) in [6.07, 6.45) is 11.4. The first-order chi connectivity index (χ1) is 17.7. The third kappa shape index (κ3) is 5.92. The molecule has 0 N–H and O–H groups in total. The van der Waals surface area contributed by atoms with Crippen LogP contribution in [0.3, 0.4) is 0 Å². The number of hydrogen-bond donors (Lipinski definition) is 0. The number of para-hydroxylation sites is 1. The number of imide groups is 1. The van der Waals surface area contributed by atoms with Gasteiger partial charge in [-0.3, -0.25) is 19.3 Å². The van der Waals surface area contributed by atoms with Crippen molar-refractivity contribution < 1.29 is 19.2 Å². The Morgan fingerprint density at radius 2 is 1.39 bits per heavy atom. The number of unbranched alkanes of at least 4 members (excludes halogenated alkanes) is 9. The van der Waals surface area contributed by atoms with Crippen LogP contribution in [0.25, 0.3) is 0 Å². The Bertz CT molecular complexity index is 978. The SMILES string of the molecule is CCCCCCCCCCCCN1C(=O)C2ON(c3ccccc3)C(c3ccc(OC)cc3)C2C1=O. The molecule has 2 aliphatic rings. The van der Waals surface area contributed by atoms with Crippen LogP contribution >= 0.6 is 0 Å². The fraction of sp³-hybridized carbons (Fsp3) is 0.533. The lowest BCUT2D eigenvalue weighted by molar-refractivity contribution is -0.143. The van der Waals surface area contributed by atoms with Crippen LogP contribution < -0.4 is 9.80 Å². The quantitative estimate of drug-likeness (QED) is 0.224. The van der Waals surface area contributed by atoms with Crippen molar-refractivity contribution in [1.29, 1.82) is 0 Å². The van der Waals surface area contributed by atoms with Crippen LogP contribution in [-0.4, -0.2) is 36.5 Å². The van der Waals surface area contributed by atoms with Crippen LogP contribution in [0.15, 0.2) is 54.6 Å². The summed E-state index contributed by atoms with van der Waals surface area (Å²) in [6, 6.07) is 17.0. The molecule has 2 heterocycles. The van der Waals surface area contributed by atoms with Crippen LogP contribution in [0.4, 0.5) is 5.69 Å². The van der Waals surface area contributed by atoms with Crippen molar-refractivity contribution in [1.82, 2.24) is 4.90 Å². The molecule has 3 unspecified atom stereocenters. The molecule has 2 aliphatic heterocycles. The first-order valence-corrected chi connectivity index (χ1v) is 13.7. The van der Waals surface area contributed by atoms with E-state index in [4.69, 9.17) is 9.57 Å². The number of likely N-dealkylation sites (tertiary alicyclic amines) is 1. The zero-order chi connectivity index (χ0) is 25.3. The first kappa shape index (κ1) is 26.2. The maximum Gasteiger partial charge on any atom is 0.261 e. The predicted molar refractivity (Wildman–Crippen MR) is 142 cm³/mol. The molecule has 0 bridgehead atoms. The van der Waals surface area contributed by atoms with Gasteiger partial charge in [0.2, 0.25) is 5.91 Å². The van der Waals surface area contributed by atoms with Crippen LogP contribution in [0.5, 0.6) is 5.75 Å². The molecule has 6 nitrogen and oxygen atoms in total. The van der Waals surface area contributed by atoms with Gasteiger partial charge >= 0.3 is 0 Å². The third-order valence-electron chi connectivity index (χ3n) is 7.41. The van der Waals surface area contributed by atoms with Crippen molar-refractivity contribution in [3.05, 3.63) is 60.2 Å². The number of hydroxylamine groups is 1. The number of hydrogen-bond acceptors (Lipinski definition) is 5. The second-order valence-corrected chi connectivity index (χ2v) is 9.94. The number of anilines is 1. The summed E-state index contributed by atoms with van der Waals surface area (Å²) in [5.74, 6) is -0.149. The topological polar surface area (TPSA) is 59.1 Å². The molecule has 2 aromatic carbocycles. The molecule has 2 saturated heterocycles. The maximum atomic E-state index is 13.5. The second kappa shape index (κ2) is 12.9. The van der Waals surface area contributed by atoms with Crippen molar-refractivity contribution >= 4 is 17.5 Å². The molecule has 4 rings (SSSR count). The van der Waals surface area contributed by atoms with Crippen molar-refractivity contribution in [2.45, 2.75) is 83.3 Å². The molecule has 36 heavy (non-hydrogen) atoms. The molecule has 0 aliphatic carbocycles. The highest BCUT2D eigenvalue weighted by Crippen LogP contribution is 2.46. The van der Waals surface area contributed by atoms with Crippen molar-refractivity contribution in [2.24, 2.45) is 5.92 Å². The van der Waals surface area contributed by atoms with E-state index in [2.05, 4.69) is 6.92 Å². The summed E-state index contributed by atoms with van der Waals surface area (Å²) in [7, 11) is 1.63. The number of methoxy groups -OCH3 is 1. The zero-order valence-electron chi connectivity index (χ0n) is 21.7. The summed E-state index contributed by atoms with van der Waals surface area (Å²) in [5.41, 5.74) is 1.75. The maximum absolute atomic E-state index is 13.5. The van der Waals surface area contributed by atoms with E-state index in [1.54, 1.807) is 12.2 Å². The predicted octanol–water partition coefficient (Wildman–Crippen LogP) is 6.46. The van der Waals surface area contributed by atoms with Crippen LogP contribution in [0.2, 0.25) is 0 Å². The van der Waals surface area contributed by atoms with Gasteiger partial charge in [-0.05, 0) is 36.2 Å². The molecule has 2 amide bonds. The fourth-order valence-electron chi connectivity index (χ4n) is 5.39. The number of rotatable bonds is 14. The Labute approximate surface area is 215 Å². The minimum Gasteiger partial charge on any atom is -0.497 e. The minimum atomic E-state index is -0.784. The van der Waals surface area contributed by atoms with E-state index in [-0.39, 0.29) is 17.9 Å². The van der Waals surface area contributed by atoms with Crippen LogP contribution in [0.1, 0.15) is 82.7 Å². The Balaban J connectivity index is 1.37. The Morgan fingerprint density at radius 1 is 0.778 bits per heavy atom.